The van der Waals surface area contributed by atoms with Crippen molar-refractivity contribution in [2.24, 2.45) is 5.92 Å². The molecule has 1 N–H and O–H groups in total. The topological polar surface area (TPSA) is 64.6 Å². The summed E-state index contributed by atoms with van der Waals surface area (Å²) in [5, 5.41) is 2.72. The molecule has 0 aliphatic rings. The van der Waals surface area contributed by atoms with Crippen LogP contribution in [0.4, 0.5) is 4.79 Å². The van der Waals surface area contributed by atoms with E-state index in [0.29, 0.717) is 23.0 Å². The minimum absolute atomic E-state index is 0.265. The molecule has 0 bridgehead atoms. The molecular formula is C17H35NO4Si. The number of esters is 1. The maximum Gasteiger partial charge on any atom is 0.394 e. The number of ether oxygens (including phenoxy) is 1. The second kappa shape index (κ2) is 9.30. The number of amides is 1. The second-order valence-electron chi connectivity index (χ2n) is 7.56. The standard InChI is InChI=1S/C17H35NO4Si/c1-11(2)10-15(16(19)21-9)18-17(20)22-23(12(3)4,13(5)6)14(7)8/h11-15H,10H2,1-9H3,(H,18,20)/t15-/m0/s1. The maximum absolute atomic E-state index is 12.5. The Balaban J connectivity index is 5.22. The molecule has 1 amide bonds. The van der Waals surface area contributed by atoms with Crippen LogP contribution in [-0.4, -0.2) is 33.5 Å². The molecule has 6 heteroatoms. The van der Waals surface area contributed by atoms with Gasteiger partial charge in [0.15, 0.2) is 0 Å². The monoisotopic (exact) mass is 345 g/mol. The summed E-state index contributed by atoms with van der Waals surface area (Å²) in [5.74, 6) is -0.164. The Morgan fingerprint density at radius 3 is 1.65 bits per heavy atom. The van der Waals surface area contributed by atoms with Gasteiger partial charge in [0, 0.05) is 0 Å². The molecule has 0 aromatic heterocycles. The quantitative estimate of drug-likeness (QED) is 0.520. The molecule has 0 aromatic carbocycles. The van der Waals surface area contributed by atoms with Gasteiger partial charge in [-0.1, -0.05) is 55.4 Å². The van der Waals surface area contributed by atoms with Gasteiger partial charge < -0.3 is 14.5 Å². The van der Waals surface area contributed by atoms with Gasteiger partial charge in [-0.15, -0.1) is 0 Å². The highest BCUT2D eigenvalue weighted by molar-refractivity contribution is 6.78. The van der Waals surface area contributed by atoms with Crippen LogP contribution in [0.1, 0.15) is 61.8 Å². The summed E-state index contributed by atoms with van der Waals surface area (Å²) in [7, 11) is -0.975. The summed E-state index contributed by atoms with van der Waals surface area (Å²) in [6, 6.07) is -0.661. The first kappa shape index (κ1) is 22.0. The molecule has 0 aliphatic carbocycles. The molecule has 0 fully saturated rings. The highest BCUT2D eigenvalue weighted by Crippen LogP contribution is 2.42. The molecule has 0 aliphatic heterocycles. The van der Waals surface area contributed by atoms with Crippen LogP contribution < -0.4 is 5.32 Å². The van der Waals surface area contributed by atoms with Crippen LogP contribution in [0.3, 0.4) is 0 Å². The zero-order valence-corrected chi connectivity index (χ0v) is 17.2. The molecule has 0 saturated carbocycles. The molecule has 0 heterocycles. The fourth-order valence-corrected chi connectivity index (χ4v) is 8.60. The van der Waals surface area contributed by atoms with Crippen molar-refractivity contribution in [2.75, 3.05) is 7.11 Å². The van der Waals surface area contributed by atoms with E-state index in [-0.39, 0.29) is 5.92 Å². The Kier molecular flexibility index (Phi) is 8.88. The number of carbonyl (C=O) groups excluding carboxylic acids is 2. The van der Waals surface area contributed by atoms with E-state index in [2.05, 4.69) is 46.9 Å². The van der Waals surface area contributed by atoms with Crippen molar-refractivity contribution in [3.8, 4) is 0 Å². The lowest BCUT2D eigenvalue weighted by Crippen LogP contribution is -2.53. The van der Waals surface area contributed by atoms with Crippen molar-refractivity contribution in [1.82, 2.24) is 5.32 Å². The fourth-order valence-electron chi connectivity index (χ4n) is 3.51. The van der Waals surface area contributed by atoms with Gasteiger partial charge in [0.1, 0.15) is 6.04 Å². The SMILES string of the molecule is COC(=O)[C@H](CC(C)C)NC(=O)O[Si](C(C)C)(C(C)C)C(C)C. The number of hydrogen-bond donors (Lipinski definition) is 1. The van der Waals surface area contributed by atoms with Crippen molar-refractivity contribution in [3.63, 3.8) is 0 Å². The second-order valence-corrected chi connectivity index (χ2v) is 12.9. The average molecular weight is 346 g/mol. The first-order valence-electron chi connectivity index (χ1n) is 8.56. The smallest absolute Gasteiger partial charge is 0.394 e. The Morgan fingerprint density at radius 2 is 1.35 bits per heavy atom. The summed E-state index contributed by atoms with van der Waals surface area (Å²) in [6.07, 6.45) is 0.0327. The summed E-state index contributed by atoms with van der Waals surface area (Å²) in [6.45, 7) is 16.7. The van der Waals surface area contributed by atoms with Crippen LogP contribution in [0.25, 0.3) is 0 Å². The van der Waals surface area contributed by atoms with Gasteiger partial charge in [-0.2, -0.15) is 0 Å². The summed E-state index contributed by atoms with van der Waals surface area (Å²) in [5.41, 5.74) is 0.903. The molecule has 0 radical (unpaired) electrons. The molecule has 0 unspecified atom stereocenters. The van der Waals surface area contributed by atoms with Crippen molar-refractivity contribution < 1.29 is 18.8 Å². The van der Waals surface area contributed by atoms with Gasteiger partial charge in [0.05, 0.1) is 7.11 Å². The lowest BCUT2D eigenvalue weighted by atomic mass is 10.0. The molecule has 0 spiro atoms. The highest BCUT2D eigenvalue weighted by atomic mass is 28.4. The number of nitrogens with one attached hydrogen (secondary N) is 1. The molecule has 5 nitrogen and oxygen atoms in total. The Morgan fingerprint density at radius 1 is 0.913 bits per heavy atom. The number of methoxy groups -OCH3 is 1. The van der Waals surface area contributed by atoms with E-state index >= 15 is 0 Å². The summed E-state index contributed by atoms with van der Waals surface area (Å²) in [4.78, 5) is 24.3. The third kappa shape index (κ3) is 5.83. The van der Waals surface area contributed by atoms with E-state index in [1.807, 2.05) is 13.8 Å². The Bertz CT molecular complexity index is 372. The Hall–Kier alpha value is -1.04. The fraction of sp³-hybridized carbons (Fsp3) is 0.882. The summed E-state index contributed by atoms with van der Waals surface area (Å²) < 4.78 is 10.8. The van der Waals surface area contributed by atoms with Crippen LogP contribution in [-0.2, 0) is 14.0 Å². The van der Waals surface area contributed by atoms with Crippen LogP contribution in [0.2, 0.25) is 16.6 Å². The minimum Gasteiger partial charge on any atom is -0.503 e. The van der Waals surface area contributed by atoms with E-state index < -0.39 is 26.4 Å². The number of carbonyl (C=O) groups is 2. The van der Waals surface area contributed by atoms with Gasteiger partial charge in [-0.25, -0.2) is 9.59 Å². The van der Waals surface area contributed by atoms with E-state index in [4.69, 9.17) is 9.16 Å². The van der Waals surface area contributed by atoms with Crippen LogP contribution in [0, 0.1) is 5.92 Å². The van der Waals surface area contributed by atoms with Crippen molar-refractivity contribution in [3.05, 3.63) is 0 Å². The van der Waals surface area contributed by atoms with E-state index in [9.17, 15) is 9.59 Å². The van der Waals surface area contributed by atoms with Crippen molar-refractivity contribution >= 4 is 20.4 Å². The lowest BCUT2D eigenvalue weighted by Gasteiger charge is -2.41. The van der Waals surface area contributed by atoms with E-state index in [1.54, 1.807) is 0 Å². The molecule has 0 aromatic rings. The number of rotatable bonds is 8. The molecule has 136 valence electrons. The molecule has 0 rings (SSSR count). The van der Waals surface area contributed by atoms with Gasteiger partial charge in [0.25, 0.3) is 8.32 Å². The zero-order chi connectivity index (χ0) is 18.4. The van der Waals surface area contributed by atoms with Gasteiger partial charge >= 0.3 is 12.1 Å². The van der Waals surface area contributed by atoms with Crippen LogP contribution in [0.15, 0.2) is 0 Å². The van der Waals surface area contributed by atoms with Crippen LogP contribution >= 0.6 is 0 Å². The van der Waals surface area contributed by atoms with E-state index in [1.165, 1.54) is 7.11 Å². The largest absolute Gasteiger partial charge is 0.503 e. The molecular weight excluding hydrogens is 310 g/mol. The van der Waals surface area contributed by atoms with E-state index in [0.717, 1.165) is 0 Å². The zero-order valence-electron chi connectivity index (χ0n) is 16.2. The van der Waals surface area contributed by atoms with Gasteiger partial charge in [-0.05, 0) is 29.0 Å². The van der Waals surface area contributed by atoms with Crippen molar-refractivity contribution in [1.29, 1.82) is 0 Å². The predicted octanol–water partition coefficient (Wildman–Crippen LogP) is 4.48. The molecule has 1 atom stereocenters. The third-order valence-electron chi connectivity index (χ3n) is 4.46. The first-order chi connectivity index (χ1) is 10.5. The Labute approximate surface area is 142 Å². The maximum atomic E-state index is 12.5. The van der Waals surface area contributed by atoms with Crippen molar-refractivity contribution in [2.45, 2.75) is 84.5 Å². The minimum atomic E-state index is -2.31. The third-order valence-corrected chi connectivity index (χ3v) is 10.4. The molecule has 23 heavy (non-hydrogen) atoms. The van der Waals surface area contributed by atoms with Crippen LogP contribution in [0.5, 0.6) is 0 Å². The van der Waals surface area contributed by atoms with Gasteiger partial charge in [-0.3, -0.25) is 0 Å². The highest BCUT2D eigenvalue weighted by Gasteiger charge is 2.48. The first-order valence-corrected chi connectivity index (χ1v) is 10.7. The van der Waals surface area contributed by atoms with Gasteiger partial charge in [0.2, 0.25) is 0 Å². The lowest BCUT2D eigenvalue weighted by molar-refractivity contribution is -0.143. The molecule has 0 saturated heterocycles. The average Bonchev–Trinajstić information content (AvgIpc) is 2.41. The number of hydrogen-bond acceptors (Lipinski definition) is 4. The summed E-state index contributed by atoms with van der Waals surface area (Å²) >= 11 is 0. The normalized spacial score (nSPS) is 13.6. The predicted molar refractivity (Wildman–Crippen MR) is 95.9 cm³/mol.